The minimum absolute atomic E-state index is 0.392. The molecule has 0 spiro atoms. The first-order valence-corrected chi connectivity index (χ1v) is 7.97. The molecule has 2 aromatic heterocycles. The van der Waals surface area contributed by atoms with Gasteiger partial charge in [-0.3, -0.25) is 0 Å². The Morgan fingerprint density at radius 3 is 2.22 bits per heavy atom. The molecule has 2 heterocycles. The number of hydrogen-bond donors (Lipinski definition) is 0. The summed E-state index contributed by atoms with van der Waals surface area (Å²) >= 11 is 12.3. The lowest BCUT2D eigenvalue weighted by molar-refractivity contribution is 1.09. The zero-order chi connectivity index (χ0) is 15.8. The number of nitrogens with zero attached hydrogens (tertiary/aromatic N) is 2. The number of fused-ring (bicyclic) bond motifs is 1. The molecular formula is C19H12Cl2N2. The van der Waals surface area contributed by atoms with E-state index in [-0.39, 0.29) is 0 Å². The standard InChI is InChI=1S/C19H12Cl2N2/c20-17-12-18(21)22-19-16(17)10-11-23(19)15-8-6-14(7-9-15)13-4-2-1-3-5-13/h1-12H. The first-order chi connectivity index (χ1) is 11.2. The monoisotopic (exact) mass is 338 g/mol. The molecule has 0 bridgehead atoms. The molecule has 0 aliphatic heterocycles. The van der Waals surface area contributed by atoms with Gasteiger partial charge < -0.3 is 4.57 Å². The van der Waals surface area contributed by atoms with Crippen LogP contribution >= 0.6 is 23.2 Å². The van der Waals surface area contributed by atoms with Crippen molar-refractivity contribution in [1.29, 1.82) is 0 Å². The highest BCUT2D eigenvalue weighted by atomic mass is 35.5. The molecule has 0 atom stereocenters. The molecule has 23 heavy (non-hydrogen) atoms. The Labute approximate surface area is 143 Å². The molecule has 2 nitrogen and oxygen atoms in total. The van der Waals surface area contributed by atoms with Crippen LogP contribution in [0.1, 0.15) is 0 Å². The fraction of sp³-hybridized carbons (Fsp3) is 0. The van der Waals surface area contributed by atoms with E-state index < -0.39 is 0 Å². The van der Waals surface area contributed by atoms with Gasteiger partial charge in [0.15, 0.2) is 0 Å². The molecular weight excluding hydrogens is 327 g/mol. The molecule has 0 amide bonds. The van der Waals surface area contributed by atoms with E-state index in [4.69, 9.17) is 23.2 Å². The summed E-state index contributed by atoms with van der Waals surface area (Å²) in [5, 5.41) is 1.89. The third-order valence-electron chi connectivity index (χ3n) is 3.83. The molecule has 0 aliphatic carbocycles. The van der Waals surface area contributed by atoms with Crippen molar-refractivity contribution >= 4 is 34.2 Å². The van der Waals surface area contributed by atoms with Crippen LogP contribution in [0.15, 0.2) is 72.9 Å². The molecule has 0 radical (unpaired) electrons. The maximum absolute atomic E-state index is 6.23. The first-order valence-electron chi connectivity index (χ1n) is 7.21. The van der Waals surface area contributed by atoms with E-state index in [9.17, 15) is 0 Å². The van der Waals surface area contributed by atoms with Crippen LogP contribution < -0.4 is 0 Å². The van der Waals surface area contributed by atoms with Crippen molar-refractivity contribution in [2.75, 3.05) is 0 Å². The van der Waals surface area contributed by atoms with E-state index in [0.717, 1.165) is 16.7 Å². The lowest BCUT2D eigenvalue weighted by atomic mass is 10.1. The van der Waals surface area contributed by atoms with Crippen LogP contribution in [0.25, 0.3) is 27.8 Å². The topological polar surface area (TPSA) is 17.8 Å². The van der Waals surface area contributed by atoms with E-state index in [1.54, 1.807) is 6.07 Å². The highest BCUT2D eigenvalue weighted by molar-refractivity contribution is 6.37. The van der Waals surface area contributed by atoms with E-state index in [1.165, 1.54) is 11.1 Å². The SMILES string of the molecule is Clc1cc(Cl)c2ccn(-c3ccc(-c4ccccc4)cc3)c2n1. The van der Waals surface area contributed by atoms with Crippen LogP contribution in [0.4, 0.5) is 0 Å². The van der Waals surface area contributed by atoms with Crippen molar-refractivity contribution in [1.82, 2.24) is 9.55 Å². The van der Waals surface area contributed by atoms with Gasteiger partial charge in [-0.1, -0.05) is 65.7 Å². The zero-order valence-electron chi connectivity index (χ0n) is 12.1. The van der Waals surface area contributed by atoms with E-state index in [0.29, 0.717) is 10.2 Å². The lowest BCUT2D eigenvalue weighted by Crippen LogP contribution is -1.94. The Kier molecular flexibility index (Phi) is 3.56. The second-order valence-corrected chi connectivity index (χ2v) is 6.06. The van der Waals surface area contributed by atoms with Gasteiger partial charge in [-0.25, -0.2) is 4.98 Å². The Bertz CT molecular complexity index is 974. The molecule has 0 aliphatic rings. The van der Waals surface area contributed by atoms with Gasteiger partial charge in [0, 0.05) is 17.3 Å². The van der Waals surface area contributed by atoms with Crippen molar-refractivity contribution in [2.45, 2.75) is 0 Å². The highest BCUT2D eigenvalue weighted by Crippen LogP contribution is 2.28. The predicted molar refractivity (Wildman–Crippen MR) is 96.5 cm³/mol. The van der Waals surface area contributed by atoms with Gasteiger partial charge >= 0.3 is 0 Å². The summed E-state index contributed by atoms with van der Waals surface area (Å²) in [6.07, 6.45) is 1.96. The van der Waals surface area contributed by atoms with E-state index >= 15 is 0 Å². The van der Waals surface area contributed by atoms with Gasteiger partial charge in [0.25, 0.3) is 0 Å². The number of aromatic nitrogens is 2. The summed E-state index contributed by atoms with van der Waals surface area (Å²) in [6.45, 7) is 0. The molecule has 0 saturated heterocycles. The fourth-order valence-electron chi connectivity index (χ4n) is 2.69. The average molecular weight is 339 g/mol. The smallest absolute Gasteiger partial charge is 0.147 e. The summed E-state index contributed by atoms with van der Waals surface area (Å²) in [5.74, 6) is 0. The predicted octanol–water partition coefficient (Wildman–Crippen LogP) is 6.00. The van der Waals surface area contributed by atoms with Crippen LogP contribution in [-0.2, 0) is 0 Å². The number of halogens is 2. The fourth-order valence-corrected chi connectivity index (χ4v) is 3.19. The first kappa shape index (κ1) is 14.3. The van der Waals surface area contributed by atoms with Crippen LogP contribution in [0.5, 0.6) is 0 Å². The third-order valence-corrected chi connectivity index (χ3v) is 4.33. The summed E-state index contributed by atoms with van der Waals surface area (Å²) < 4.78 is 1.99. The van der Waals surface area contributed by atoms with Crippen molar-refractivity contribution in [3.8, 4) is 16.8 Å². The summed E-state index contributed by atoms with van der Waals surface area (Å²) in [5.41, 5.74) is 4.15. The summed E-state index contributed by atoms with van der Waals surface area (Å²) in [6, 6.07) is 22.2. The van der Waals surface area contributed by atoms with Crippen LogP contribution in [-0.4, -0.2) is 9.55 Å². The van der Waals surface area contributed by atoms with Gasteiger partial charge in [-0.2, -0.15) is 0 Å². The Balaban J connectivity index is 1.80. The minimum Gasteiger partial charge on any atom is -0.301 e. The quantitative estimate of drug-likeness (QED) is 0.410. The molecule has 4 rings (SSSR count). The number of pyridine rings is 1. The number of hydrogen-bond acceptors (Lipinski definition) is 1. The Morgan fingerprint density at radius 2 is 1.48 bits per heavy atom. The molecule has 4 aromatic rings. The van der Waals surface area contributed by atoms with Crippen LogP contribution in [0.3, 0.4) is 0 Å². The average Bonchev–Trinajstić information content (AvgIpc) is 3.00. The maximum atomic E-state index is 6.23. The zero-order valence-corrected chi connectivity index (χ0v) is 13.6. The molecule has 0 unspecified atom stereocenters. The minimum atomic E-state index is 0.392. The summed E-state index contributed by atoms with van der Waals surface area (Å²) in [7, 11) is 0. The molecule has 2 aromatic carbocycles. The number of benzene rings is 2. The molecule has 112 valence electrons. The summed E-state index contributed by atoms with van der Waals surface area (Å²) in [4.78, 5) is 4.40. The van der Waals surface area contributed by atoms with Gasteiger partial charge in [-0.05, 0) is 35.4 Å². The van der Waals surface area contributed by atoms with Gasteiger partial charge in [0.1, 0.15) is 10.8 Å². The highest BCUT2D eigenvalue weighted by Gasteiger charge is 2.09. The molecule has 0 N–H and O–H groups in total. The normalized spacial score (nSPS) is 11.0. The van der Waals surface area contributed by atoms with E-state index in [1.807, 2.05) is 35.0 Å². The van der Waals surface area contributed by atoms with Crippen molar-refractivity contribution < 1.29 is 0 Å². The van der Waals surface area contributed by atoms with Crippen molar-refractivity contribution in [3.63, 3.8) is 0 Å². The molecule has 0 fully saturated rings. The largest absolute Gasteiger partial charge is 0.301 e. The van der Waals surface area contributed by atoms with Crippen LogP contribution in [0, 0.1) is 0 Å². The van der Waals surface area contributed by atoms with Crippen molar-refractivity contribution in [3.05, 3.63) is 83.1 Å². The van der Waals surface area contributed by atoms with Crippen molar-refractivity contribution in [2.24, 2.45) is 0 Å². The van der Waals surface area contributed by atoms with E-state index in [2.05, 4.69) is 41.4 Å². The molecule has 4 heteroatoms. The van der Waals surface area contributed by atoms with Crippen LogP contribution in [0.2, 0.25) is 10.2 Å². The third kappa shape index (κ3) is 2.61. The van der Waals surface area contributed by atoms with Gasteiger partial charge in [-0.15, -0.1) is 0 Å². The lowest BCUT2D eigenvalue weighted by Gasteiger charge is -2.07. The second-order valence-electron chi connectivity index (χ2n) is 5.26. The number of rotatable bonds is 2. The second kappa shape index (κ2) is 5.73. The maximum Gasteiger partial charge on any atom is 0.147 e. The van der Waals surface area contributed by atoms with Gasteiger partial charge in [0.05, 0.1) is 5.02 Å². The Morgan fingerprint density at radius 1 is 0.783 bits per heavy atom. The van der Waals surface area contributed by atoms with Gasteiger partial charge in [0.2, 0.25) is 0 Å². The molecule has 0 saturated carbocycles. The Hall–Kier alpha value is -2.29.